The van der Waals surface area contributed by atoms with Gasteiger partial charge in [0.25, 0.3) is 0 Å². The zero-order valence-corrected chi connectivity index (χ0v) is 13.2. The Bertz CT molecular complexity index is 174. The summed E-state index contributed by atoms with van der Waals surface area (Å²) in [5.41, 5.74) is 1.10. The molecule has 0 fully saturated rings. The van der Waals surface area contributed by atoms with Crippen molar-refractivity contribution in [3.05, 3.63) is 6.42 Å². The lowest BCUT2D eigenvalue weighted by molar-refractivity contribution is 0.219. The van der Waals surface area contributed by atoms with Crippen LogP contribution in [0.1, 0.15) is 92.9 Å². The van der Waals surface area contributed by atoms with Gasteiger partial charge in [-0.15, -0.1) is 0 Å². The van der Waals surface area contributed by atoms with Gasteiger partial charge in [0.05, 0.1) is 0 Å². The second kappa shape index (κ2) is 8.16. The molecule has 0 unspecified atom stereocenters. The molecule has 0 nitrogen and oxygen atoms in total. The summed E-state index contributed by atoms with van der Waals surface area (Å²) in [7, 11) is 0. The first kappa shape index (κ1) is 17.0. The zero-order valence-electron chi connectivity index (χ0n) is 13.2. The Kier molecular flexibility index (Phi) is 8.16. The van der Waals surface area contributed by atoms with E-state index >= 15 is 0 Å². The standard InChI is InChI=1S/C17H35/c1-7-12-16(5,6)14-11-15-17(9-3,10-4)13-8-2/h11H,7-10,12-15H2,1-6H3. The fraction of sp³-hybridized carbons (Fsp3) is 0.941. The second-order valence-corrected chi connectivity index (χ2v) is 6.57. The summed E-state index contributed by atoms with van der Waals surface area (Å²) in [6, 6.07) is 0. The van der Waals surface area contributed by atoms with E-state index in [-0.39, 0.29) is 0 Å². The molecule has 0 saturated carbocycles. The fourth-order valence-corrected chi connectivity index (χ4v) is 3.07. The maximum atomic E-state index is 2.58. The summed E-state index contributed by atoms with van der Waals surface area (Å²) < 4.78 is 0. The number of hydrogen-bond donors (Lipinski definition) is 0. The smallest absolute Gasteiger partial charge is 0.0300 e. The third-order valence-corrected chi connectivity index (χ3v) is 4.48. The van der Waals surface area contributed by atoms with E-state index in [4.69, 9.17) is 0 Å². The third-order valence-electron chi connectivity index (χ3n) is 4.48. The van der Waals surface area contributed by atoms with Crippen LogP contribution in [-0.4, -0.2) is 0 Å². The number of hydrogen-bond acceptors (Lipinski definition) is 0. The Balaban J connectivity index is 4.13. The first-order valence-corrected chi connectivity index (χ1v) is 7.77. The first-order chi connectivity index (χ1) is 7.95. The van der Waals surface area contributed by atoms with Gasteiger partial charge < -0.3 is 0 Å². The molecular weight excluding hydrogens is 204 g/mol. The largest absolute Gasteiger partial charge is 0.0654 e. The minimum Gasteiger partial charge on any atom is -0.0654 e. The van der Waals surface area contributed by atoms with Crippen molar-refractivity contribution < 1.29 is 0 Å². The molecule has 0 aromatic rings. The van der Waals surface area contributed by atoms with E-state index in [0.717, 1.165) is 0 Å². The maximum Gasteiger partial charge on any atom is -0.0300 e. The molecule has 0 aromatic heterocycles. The average Bonchev–Trinajstić information content (AvgIpc) is 2.27. The molecule has 17 heavy (non-hydrogen) atoms. The SMILES string of the molecule is CCCC(C)(C)C[CH]CC(CC)(CC)CCC. The molecule has 0 heterocycles. The van der Waals surface area contributed by atoms with E-state index in [1.165, 1.54) is 51.4 Å². The highest BCUT2D eigenvalue weighted by molar-refractivity contribution is 4.86. The van der Waals surface area contributed by atoms with Crippen LogP contribution in [-0.2, 0) is 0 Å². The minimum atomic E-state index is 0.508. The van der Waals surface area contributed by atoms with E-state index in [9.17, 15) is 0 Å². The van der Waals surface area contributed by atoms with Crippen LogP contribution in [0.25, 0.3) is 0 Å². The molecule has 0 atom stereocenters. The Morgan fingerprint density at radius 2 is 1.29 bits per heavy atom. The Labute approximate surface area is 111 Å². The molecule has 0 heteroatoms. The highest BCUT2D eigenvalue weighted by Gasteiger charge is 2.26. The Hall–Kier alpha value is 0. The lowest BCUT2D eigenvalue weighted by atomic mass is 9.72. The summed E-state index contributed by atoms with van der Waals surface area (Å²) in [4.78, 5) is 0. The maximum absolute atomic E-state index is 2.58. The fourth-order valence-electron chi connectivity index (χ4n) is 3.07. The van der Waals surface area contributed by atoms with Crippen molar-refractivity contribution in [1.82, 2.24) is 0 Å². The van der Waals surface area contributed by atoms with E-state index in [1.54, 1.807) is 0 Å². The molecule has 0 spiro atoms. The third kappa shape index (κ3) is 6.48. The van der Waals surface area contributed by atoms with Crippen LogP contribution in [0, 0.1) is 17.3 Å². The van der Waals surface area contributed by atoms with E-state index in [2.05, 4.69) is 48.0 Å². The number of rotatable bonds is 10. The van der Waals surface area contributed by atoms with Crippen LogP contribution >= 0.6 is 0 Å². The van der Waals surface area contributed by atoms with Crippen molar-refractivity contribution in [2.45, 2.75) is 92.9 Å². The van der Waals surface area contributed by atoms with Crippen molar-refractivity contribution in [2.24, 2.45) is 10.8 Å². The highest BCUT2D eigenvalue weighted by Crippen LogP contribution is 2.39. The summed E-state index contributed by atoms with van der Waals surface area (Å²) in [5, 5.41) is 0. The molecule has 1 radical (unpaired) electrons. The van der Waals surface area contributed by atoms with Gasteiger partial charge in [-0.1, -0.05) is 67.2 Å². The van der Waals surface area contributed by atoms with Gasteiger partial charge >= 0.3 is 0 Å². The molecule has 0 aliphatic carbocycles. The lowest BCUT2D eigenvalue weighted by Crippen LogP contribution is -2.20. The van der Waals surface area contributed by atoms with Crippen molar-refractivity contribution in [1.29, 1.82) is 0 Å². The van der Waals surface area contributed by atoms with E-state index in [1.807, 2.05) is 0 Å². The van der Waals surface area contributed by atoms with Gasteiger partial charge in [0.15, 0.2) is 0 Å². The highest BCUT2D eigenvalue weighted by atomic mass is 14.3. The van der Waals surface area contributed by atoms with Crippen molar-refractivity contribution >= 4 is 0 Å². The summed E-state index contributed by atoms with van der Waals surface area (Å²) >= 11 is 0. The lowest BCUT2D eigenvalue weighted by Gasteiger charge is -2.33. The van der Waals surface area contributed by atoms with E-state index < -0.39 is 0 Å². The van der Waals surface area contributed by atoms with Gasteiger partial charge in [-0.3, -0.25) is 0 Å². The molecular formula is C17H35. The van der Waals surface area contributed by atoms with Gasteiger partial charge in [0.2, 0.25) is 0 Å². The Morgan fingerprint density at radius 1 is 0.765 bits per heavy atom. The minimum absolute atomic E-state index is 0.508. The van der Waals surface area contributed by atoms with Crippen LogP contribution in [0.4, 0.5) is 0 Å². The first-order valence-electron chi connectivity index (χ1n) is 7.77. The molecule has 103 valence electrons. The van der Waals surface area contributed by atoms with Gasteiger partial charge in [0, 0.05) is 0 Å². The van der Waals surface area contributed by atoms with E-state index in [0.29, 0.717) is 10.8 Å². The molecule has 0 rings (SSSR count). The predicted octanol–water partition coefficient (Wildman–Crippen LogP) is 6.40. The molecule has 0 N–H and O–H groups in total. The van der Waals surface area contributed by atoms with Crippen molar-refractivity contribution in [2.75, 3.05) is 0 Å². The van der Waals surface area contributed by atoms with Gasteiger partial charge in [-0.2, -0.15) is 0 Å². The van der Waals surface area contributed by atoms with Crippen LogP contribution < -0.4 is 0 Å². The zero-order chi connectivity index (χ0) is 13.4. The van der Waals surface area contributed by atoms with Gasteiger partial charge in [-0.25, -0.2) is 0 Å². The molecule has 0 amide bonds. The van der Waals surface area contributed by atoms with Crippen LogP contribution in [0.5, 0.6) is 0 Å². The van der Waals surface area contributed by atoms with Crippen LogP contribution in [0.15, 0.2) is 0 Å². The van der Waals surface area contributed by atoms with Gasteiger partial charge in [-0.05, 0) is 42.9 Å². The topological polar surface area (TPSA) is 0 Å². The predicted molar refractivity (Wildman–Crippen MR) is 80.1 cm³/mol. The molecule has 0 aliphatic heterocycles. The Morgan fingerprint density at radius 3 is 1.71 bits per heavy atom. The average molecular weight is 239 g/mol. The molecule has 0 bridgehead atoms. The summed E-state index contributed by atoms with van der Waals surface area (Å²) in [5.74, 6) is 0. The van der Waals surface area contributed by atoms with Crippen molar-refractivity contribution in [3.63, 3.8) is 0 Å². The second-order valence-electron chi connectivity index (χ2n) is 6.57. The van der Waals surface area contributed by atoms with Crippen molar-refractivity contribution in [3.8, 4) is 0 Å². The monoisotopic (exact) mass is 239 g/mol. The van der Waals surface area contributed by atoms with Crippen LogP contribution in [0.2, 0.25) is 0 Å². The quantitative estimate of drug-likeness (QED) is 0.413. The molecule has 0 aliphatic rings. The normalized spacial score (nSPS) is 13.1. The summed E-state index contributed by atoms with van der Waals surface area (Å²) in [6.07, 6.45) is 13.2. The summed E-state index contributed by atoms with van der Waals surface area (Å²) in [6.45, 7) is 14.2. The van der Waals surface area contributed by atoms with Gasteiger partial charge in [0.1, 0.15) is 0 Å². The van der Waals surface area contributed by atoms with Crippen LogP contribution in [0.3, 0.4) is 0 Å². The molecule has 0 aromatic carbocycles. The molecule has 0 saturated heterocycles.